The van der Waals surface area contributed by atoms with Gasteiger partial charge in [0.2, 0.25) is 0 Å². The highest BCUT2D eigenvalue weighted by molar-refractivity contribution is 6.02. The summed E-state index contributed by atoms with van der Waals surface area (Å²) in [6.07, 6.45) is 11.2. The minimum atomic E-state index is -0.325. The lowest BCUT2D eigenvalue weighted by Crippen LogP contribution is -2.41. The molecule has 6 heteroatoms. The molecule has 0 aliphatic heterocycles. The van der Waals surface area contributed by atoms with E-state index >= 15 is 0 Å². The van der Waals surface area contributed by atoms with Crippen LogP contribution >= 0.6 is 0 Å². The molecule has 2 heterocycles. The molecular formula is C25H25N5O. The van der Waals surface area contributed by atoms with Gasteiger partial charge in [0.1, 0.15) is 17.3 Å². The van der Waals surface area contributed by atoms with Crippen LogP contribution < -0.4 is 5.32 Å². The largest absolute Gasteiger partial charge is 0.348 e. The summed E-state index contributed by atoms with van der Waals surface area (Å²) in [6, 6.07) is 15.7. The summed E-state index contributed by atoms with van der Waals surface area (Å²) in [7, 11) is 0. The predicted octanol–water partition coefficient (Wildman–Crippen LogP) is 4.54. The van der Waals surface area contributed by atoms with Crippen LogP contribution in [0.25, 0.3) is 23.0 Å². The molecule has 1 N–H and O–H groups in total. The summed E-state index contributed by atoms with van der Waals surface area (Å²) in [5, 5.41) is 17.5. The van der Waals surface area contributed by atoms with Crippen molar-refractivity contribution in [2.24, 2.45) is 5.92 Å². The summed E-state index contributed by atoms with van der Waals surface area (Å²) in [4.78, 5) is 17.0. The normalized spacial score (nSPS) is 18.9. The third-order valence-electron chi connectivity index (χ3n) is 5.81. The first-order chi connectivity index (χ1) is 15.2. The number of nitriles is 1. The molecule has 1 amide bonds. The van der Waals surface area contributed by atoms with Crippen molar-refractivity contribution in [2.75, 3.05) is 0 Å². The minimum Gasteiger partial charge on any atom is -0.348 e. The molecule has 0 saturated heterocycles. The van der Waals surface area contributed by atoms with Gasteiger partial charge in [-0.2, -0.15) is 10.4 Å². The van der Waals surface area contributed by atoms with Crippen molar-refractivity contribution in [3.05, 3.63) is 72.2 Å². The van der Waals surface area contributed by atoms with Crippen LogP contribution in [0.5, 0.6) is 0 Å². The molecule has 2 atom stereocenters. The maximum absolute atomic E-state index is 12.9. The van der Waals surface area contributed by atoms with E-state index in [1.807, 2.05) is 48.7 Å². The van der Waals surface area contributed by atoms with Gasteiger partial charge < -0.3 is 5.32 Å². The highest BCUT2D eigenvalue weighted by Gasteiger charge is 2.24. The second kappa shape index (κ2) is 9.40. The Hall–Kier alpha value is -3.72. The summed E-state index contributed by atoms with van der Waals surface area (Å²) in [6.45, 7) is 2.16. The monoisotopic (exact) mass is 411 g/mol. The Morgan fingerprint density at radius 1 is 1.16 bits per heavy atom. The van der Waals surface area contributed by atoms with E-state index in [0.29, 0.717) is 17.2 Å². The number of pyridine rings is 1. The van der Waals surface area contributed by atoms with Crippen LogP contribution in [0.3, 0.4) is 0 Å². The lowest BCUT2D eigenvalue weighted by molar-refractivity contribution is -0.118. The van der Waals surface area contributed by atoms with Gasteiger partial charge in [-0.15, -0.1) is 0 Å². The van der Waals surface area contributed by atoms with Crippen LogP contribution in [0.1, 0.15) is 38.2 Å². The van der Waals surface area contributed by atoms with E-state index in [2.05, 4.69) is 23.3 Å². The lowest BCUT2D eigenvalue weighted by Gasteiger charge is -2.29. The Kier molecular flexibility index (Phi) is 6.23. The Labute approximate surface area is 182 Å². The number of carbonyl (C=O) groups is 1. The van der Waals surface area contributed by atoms with Gasteiger partial charge in [0.15, 0.2) is 0 Å². The molecule has 156 valence electrons. The molecule has 2 aromatic heterocycles. The van der Waals surface area contributed by atoms with E-state index in [-0.39, 0.29) is 17.5 Å². The number of aromatic nitrogens is 3. The van der Waals surface area contributed by atoms with Crippen molar-refractivity contribution in [2.45, 2.75) is 38.6 Å². The number of rotatable bonds is 5. The smallest absolute Gasteiger partial charge is 0.262 e. The standard InChI is InChI=1S/C25H25N5O/c1-18-7-5-6-10-23(18)28-25(31)20(16-26)15-21-17-30(22-8-3-2-4-9-22)29-24(21)19-11-13-27-14-12-19/h2-4,8-9,11-15,17-18,23H,5-7,10H2,1H3,(H,28,31)/b20-15+/t18-,23+/m0/s1. The first kappa shape index (κ1) is 20.5. The van der Waals surface area contributed by atoms with E-state index in [4.69, 9.17) is 5.10 Å². The van der Waals surface area contributed by atoms with Crippen LogP contribution in [-0.4, -0.2) is 26.7 Å². The molecule has 1 fully saturated rings. The van der Waals surface area contributed by atoms with Crippen molar-refractivity contribution >= 4 is 12.0 Å². The van der Waals surface area contributed by atoms with Gasteiger partial charge >= 0.3 is 0 Å². The molecule has 0 bridgehead atoms. The van der Waals surface area contributed by atoms with Gasteiger partial charge in [0, 0.05) is 35.8 Å². The van der Waals surface area contributed by atoms with E-state index < -0.39 is 0 Å². The molecule has 0 radical (unpaired) electrons. The number of para-hydroxylation sites is 1. The van der Waals surface area contributed by atoms with Crippen molar-refractivity contribution in [3.8, 4) is 23.0 Å². The van der Waals surface area contributed by atoms with Crippen LogP contribution in [0, 0.1) is 17.2 Å². The van der Waals surface area contributed by atoms with Gasteiger partial charge in [0.25, 0.3) is 5.91 Å². The number of amides is 1. The molecule has 0 unspecified atom stereocenters. The third-order valence-corrected chi connectivity index (χ3v) is 5.81. The molecule has 1 aliphatic carbocycles. The number of nitrogens with one attached hydrogen (secondary N) is 1. The van der Waals surface area contributed by atoms with Crippen LogP contribution in [0.15, 0.2) is 66.6 Å². The second-order valence-electron chi connectivity index (χ2n) is 7.96. The Balaban J connectivity index is 1.69. The minimum absolute atomic E-state index is 0.0840. The van der Waals surface area contributed by atoms with Gasteiger partial charge in [-0.1, -0.05) is 38.0 Å². The van der Waals surface area contributed by atoms with Crippen molar-refractivity contribution in [1.82, 2.24) is 20.1 Å². The maximum Gasteiger partial charge on any atom is 0.262 e. The Morgan fingerprint density at radius 3 is 2.61 bits per heavy atom. The molecule has 4 rings (SSSR count). The van der Waals surface area contributed by atoms with Crippen molar-refractivity contribution < 1.29 is 4.79 Å². The van der Waals surface area contributed by atoms with Gasteiger partial charge in [-0.05, 0) is 49.1 Å². The van der Waals surface area contributed by atoms with Crippen LogP contribution in [-0.2, 0) is 4.79 Å². The molecule has 6 nitrogen and oxygen atoms in total. The SMILES string of the molecule is C[C@H]1CCCC[C@H]1NC(=O)/C(C#N)=C/c1cn(-c2ccccc2)nc1-c1ccncc1. The Morgan fingerprint density at radius 2 is 1.90 bits per heavy atom. The number of hydrogen-bond acceptors (Lipinski definition) is 4. The van der Waals surface area contributed by atoms with Crippen molar-refractivity contribution in [3.63, 3.8) is 0 Å². The fraction of sp³-hybridized carbons (Fsp3) is 0.280. The molecule has 1 aromatic carbocycles. The summed E-state index contributed by atoms with van der Waals surface area (Å²) in [5.74, 6) is 0.0974. The highest BCUT2D eigenvalue weighted by Crippen LogP contribution is 2.26. The average molecular weight is 412 g/mol. The number of hydrogen-bond donors (Lipinski definition) is 1. The molecule has 31 heavy (non-hydrogen) atoms. The zero-order valence-corrected chi connectivity index (χ0v) is 17.5. The maximum atomic E-state index is 12.9. The summed E-state index contributed by atoms with van der Waals surface area (Å²) < 4.78 is 1.76. The Bertz CT molecular complexity index is 1110. The van der Waals surface area contributed by atoms with Gasteiger partial charge in [-0.25, -0.2) is 4.68 Å². The third kappa shape index (κ3) is 4.72. The fourth-order valence-electron chi connectivity index (χ4n) is 4.02. The van der Waals surface area contributed by atoms with E-state index in [1.165, 1.54) is 6.42 Å². The van der Waals surface area contributed by atoms with Gasteiger partial charge in [0.05, 0.1) is 5.69 Å². The number of carbonyl (C=O) groups excluding carboxylic acids is 1. The quantitative estimate of drug-likeness (QED) is 0.494. The topological polar surface area (TPSA) is 83.6 Å². The summed E-state index contributed by atoms with van der Waals surface area (Å²) >= 11 is 0. The lowest BCUT2D eigenvalue weighted by atomic mass is 9.86. The first-order valence-electron chi connectivity index (χ1n) is 10.6. The first-order valence-corrected chi connectivity index (χ1v) is 10.6. The molecule has 3 aromatic rings. The zero-order valence-electron chi connectivity index (χ0n) is 17.5. The molecular weight excluding hydrogens is 386 g/mol. The number of benzene rings is 1. The second-order valence-corrected chi connectivity index (χ2v) is 7.96. The average Bonchev–Trinajstić information content (AvgIpc) is 3.24. The fourth-order valence-corrected chi connectivity index (χ4v) is 4.02. The zero-order chi connectivity index (χ0) is 21.6. The highest BCUT2D eigenvalue weighted by atomic mass is 16.1. The van der Waals surface area contributed by atoms with E-state index in [1.54, 1.807) is 23.2 Å². The van der Waals surface area contributed by atoms with Crippen molar-refractivity contribution in [1.29, 1.82) is 5.26 Å². The van der Waals surface area contributed by atoms with E-state index in [0.717, 1.165) is 30.5 Å². The van der Waals surface area contributed by atoms with E-state index in [9.17, 15) is 10.1 Å². The van der Waals surface area contributed by atoms with Crippen LogP contribution in [0.4, 0.5) is 0 Å². The van der Waals surface area contributed by atoms with Gasteiger partial charge in [-0.3, -0.25) is 9.78 Å². The molecule has 1 saturated carbocycles. The molecule has 1 aliphatic rings. The predicted molar refractivity (Wildman–Crippen MR) is 120 cm³/mol. The van der Waals surface area contributed by atoms with Crippen LogP contribution in [0.2, 0.25) is 0 Å². The molecule has 0 spiro atoms. The number of nitrogens with zero attached hydrogens (tertiary/aromatic N) is 4. The summed E-state index contributed by atoms with van der Waals surface area (Å²) in [5.41, 5.74) is 3.25.